The molecule has 3 aromatic rings. The summed E-state index contributed by atoms with van der Waals surface area (Å²) in [6.07, 6.45) is 4.50. The molecule has 0 saturated heterocycles. The molecule has 2 N–H and O–H groups in total. The number of nitrogens with zero attached hydrogens (tertiary/aromatic N) is 4. The predicted molar refractivity (Wildman–Crippen MR) is 115 cm³/mol. The normalized spacial score (nSPS) is 11.3. The van der Waals surface area contributed by atoms with E-state index in [1.807, 2.05) is 19.9 Å². The van der Waals surface area contributed by atoms with Gasteiger partial charge in [-0.25, -0.2) is 9.97 Å². The number of aromatic amines is 1. The van der Waals surface area contributed by atoms with Gasteiger partial charge >= 0.3 is 0 Å². The third-order valence-corrected chi connectivity index (χ3v) is 4.17. The number of aromatic nitrogens is 3. The lowest BCUT2D eigenvalue weighted by Gasteiger charge is -2.09. The van der Waals surface area contributed by atoms with Crippen LogP contribution in [0.5, 0.6) is 11.6 Å². The molecule has 0 unspecified atom stereocenters. The van der Waals surface area contributed by atoms with Gasteiger partial charge in [0.05, 0.1) is 11.8 Å². The Labute approximate surface area is 179 Å². The molecule has 1 aromatic carbocycles. The minimum atomic E-state index is -0.384. The SMILES string of the molecule is CC(C)NC(=O)c1c[nH]c2ncc(Oc3cccc(/C=C(\C#N)C(=O)N(C)C)c3)nc12. The molecule has 3 rings (SSSR count). The molecule has 2 heterocycles. The van der Waals surface area contributed by atoms with Crippen LogP contribution in [-0.2, 0) is 4.79 Å². The van der Waals surface area contributed by atoms with Crippen molar-refractivity contribution in [2.75, 3.05) is 14.1 Å². The van der Waals surface area contributed by atoms with Crippen LogP contribution in [0.15, 0.2) is 42.2 Å². The highest BCUT2D eigenvalue weighted by Crippen LogP contribution is 2.24. The average molecular weight is 418 g/mol. The van der Waals surface area contributed by atoms with Gasteiger partial charge in [-0.05, 0) is 37.6 Å². The van der Waals surface area contributed by atoms with Crippen molar-refractivity contribution in [2.24, 2.45) is 0 Å². The summed E-state index contributed by atoms with van der Waals surface area (Å²) in [6, 6.07) is 8.78. The number of likely N-dealkylation sites (N-methyl/N-ethyl adjacent to an activating group) is 1. The molecule has 0 bridgehead atoms. The van der Waals surface area contributed by atoms with Crippen LogP contribution < -0.4 is 10.1 Å². The van der Waals surface area contributed by atoms with E-state index in [2.05, 4.69) is 20.3 Å². The molecule has 0 aliphatic carbocycles. The summed E-state index contributed by atoms with van der Waals surface area (Å²) < 4.78 is 5.81. The van der Waals surface area contributed by atoms with Gasteiger partial charge < -0.3 is 19.9 Å². The maximum Gasteiger partial charge on any atom is 0.264 e. The van der Waals surface area contributed by atoms with Crippen molar-refractivity contribution in [3.8, 4) is 17.7 Å². The Morgan fingerprint density at radius 2 is 2.10 bits per heavy atom. The standard InChI is InChI=1S/C22H22N6O3/c1-13(2)26-21(29)17-11-24-20-19(17)27-18(12-25-20)31-16-7-5-6-14(9-16)8-15(10-23)22(30)28(3)4/h5-9,11-13H,1-4H3,(H,24,25)(H,26,29)/b15-8+. The Bertz CT molecular complexity index is 1200. The van der Waals surface area contributed by atoms with E-state index in [-0.39, 0.29) is 29.3 Å². The van der Waals surface area contributed by atoms with E-state index in [0.29, 0.717) is 28.0 Å². The van der Waals surface area contributed by atoms with Gasteiger partial charge in [0.2, 0.25) is 5.88 Å². The first-order chi connectivity index (χ1) is 14.8. The van der Waals surface area contributed by atoms with E-state index in [1.165, 1.54) is 17.2 Å². The fourth-order valence-electron chi connectivity index (χ4n) is 2.78. The molecule has 0 aliphatic heterocycles. The van der Waals surface area contributed by atoms with Gasteiger partial charge in [0.1, 0.15) is 22.9 Å². The second-order valence-electron chi connectivity index (χ2n) is 7.28. The van der Waals surface area contributed by atoms with Crippen LogP contribution in [0.4, 0.5) is 0 Å². The van der Waals surface area contributed by atoms with E-state index in [4.69, 9.17) is 4.74 Å². The number of nitriles is 1. The van der Waals surface area contributed by atoms with Gasteiger partial charge in [-0.1, -0.05) is 12.1 Å². The molecule has 0 atom stereocenters. The third kappa shape index (κ3) is 5.05. The summed E-state index contributed by atoms with van der Waals surface area (Å²) in [5, 5.41) is 12.1. The van der Waals surface area contributed by atoms with Crippen LogP contribution in [0.2, 0.25) is 0 Å². The van der Waals surface area contributed by atoms with Crippen LogP contribution in [-0.4, -0.2) is 51.8 Å². The van der Waals surface area contributed by atoms with Crippen molar-refractivity contribution < 1.29 is 14.3 Å². The molecule has 0 radical (unpaired) electrons. The monoisotopic (exact) mass is 418 g/mol. The molecule has 2 aromatic heterocycles. The summed E-state index contributed by atoms with van der Waals surface area (Å²) in [7, 11) is 3.16. The minimum Gasteiger partial charge on any atom is -0.437 e. The number of hydrogen-bond acceptors (Lipinski definition) is 6. The maximum atomic E-state index is 12.4. The van der Waals surface area contributed by atoms with Gasteiger partial charge in [-0.2, -0.15) is 5.26 Å². The molecular formula is C22H22N6O3. The molecule has 2 amide bonds. The van der Waals surface area contributed by atoms with Crippen LogP contribution in [0.1, 0.15) is 29.8 Å². The molecule has 158 valence electrons. The van der Waals surface area contributed by atoms with Crippen molar-refractivity contribution in [2.45, 2.75) is 19.9 Å². The van der Waals surface area contributed by atoms with Gasteiger partial charge in [0.15, 0.2) is 5.65 Å². The van der Waals surface area contributed by atoms with E-state index in [0.717, 1.165) is 0 Å². The minimum absolute atomic E-state index is 0.0106. The van der Waals surface area contributed by atoms with Gasteiger partial charge in [-0.15, -0.1) is 0 Å². The highest BCUT2D eigenvalue weighted by atomic mass is 16.5. The van der Waals surface area contributed by atoms with Crippen LogP contribution in [0.25, 0.3) is 17.2 Å². The topological polar surface area (TPSA) is 124 Å². The number of hydrogen-bond donors (Lipinski definition) is 2. The second-order valence-corrected chi connectivity index (χ2v) is 7.28. The van der Waals surface area contributed by atoms with E-state index >= 15 is 0 Å². The Balaban J connectivity index is 1.88. The van der Waals surface area contributed by atoms with E-state index in [9.17, 15) is 14.9 Å². The van der Waals surface area contributed by atoms with Gasteiger partial charge in [-0.3, -0.25) is 9.59 Å². The number of carbonyl (C=O) groups excluding carboxylic acids is 2. The molecular weight excluding hydrogens is 396 g/mol. The zero-order chi connectivity index (χ0) is 22.5. The molecule has 0 spiro atoms. The Morgan fingerprint density at radius 3 is 2.77 bits per heavy atom. The van der Waals surface area contributed by atoms with Crippen LogP contribution in [0.3, 0.4) is 0 Å². The number of ether oxygens (including phenoxy) is 1. The summed E-state index contributed by atoms with van der Waals surface area (Å²) in [5.74, 6) is 0.0108. The number of nitrogens with one attached hydrogen (secondary N) is 2. The first-order valence-electron chi connectivity index (χ1n) is 9.55. The Hall–Kier alpha value is -4.19. The molecule has 0 saturated carbocycles. The fourth-order valence-corrected chi connectivity index (χ4v) is 2.78. The molecule has 31 heavy (non-hydrogen) atoms. The van der Waals surface area contributed by atoms with Crippen molar-refractivity contribution in [1.29, 1.82) is 5.26 Å². The largest absolute Gasteiger partial charge is 0.437 e. The lowest BCUT2D eigenvalue weighted by atomic mass is 10.1. The van der Waals surface area contributed by atoms with Gasteiger partial charge in [0.25, 0.3) is 11.8 Å². The zero-order valence-corrected chi connectivity index (χ0v) is 17.6. The maximum absolute atomic E-state index is 12.4. The third-order valence-electron chi connectivity index (χ3n) is 4.17. The number of carbonyl (C=O) groups is 2. The molecule has 9 nitrogen and oxygen atoms in total. The highest BCUT2D eigenvalue weighted by molar-refractivity contribution is 6.04. The first kappa shape index (κ1) is 21.5. The Morgan fingerprint density at radius 1 is 1.32 bits per heavy atom. The second kappa shape index (κ2) is 9.09. The van der Waals surface area contributed by atoms with E-state index < -0.39 is 0 Å². The van der Waals surface area contributed by atoms with E-state index in [1.54, 1.807) is 44.6 Å². The van der Waals surface area contributed by atoms with Crippen molar-refractivity contribution in [1.82, 2.24) is 25.2 Å². The fraction of sp³-hybridized carbons (Fsp3) is 0.227. The number of rotatable bonds is 6. The van der Waals surface area contributed by atoms with Crippen molar-refractivity contribution in [3.63, 3.8) is 0 Å². The zero-order valence-electron chi connectivity index (χ0n) is 17.6. The average Bonchev–Trinajstić information content (AvgIpc) is 3.14. The summed E-state index contributed by atoms with van der Waals surface area (Å²) in [6.45, 7) is 3.75. The van der Waals surface area contributed by atoms with Crippen LogP contribution in [0, 0.1) is 11.3 Å². The highest BCUT2D eigenvalue weighted by Gasteiger charge is 2.16. The number of H-pyrrole nitrogens is 1. The smallest absolute Gasteiger partial charge is 0.264 e. The quantitative estimate of drug-likeness (QED) is 0.469. The molecule has 0 fully saturated rings. The van der Waals surface area contributed by atoms with Gasteiger partial charge in [0, 0.05) is 26.3 Å². The first-order valence-corrected chi connectivity index (χ1v) is 9.55. The van der Waals surface area contributed by atoms with Crippen molar-refractivity contribution >= 4 is 29.1 Å². The number of fused-ring (bicyclic) bond motifs is 1. The summed E-state index contributed by atoms with van der Waals surface area (Å²) in [5.41, 5.74) is 1.88. The summed E-state index contributed by atoms with van der Waals surface area (Å²) >= 11 is 0. The molecule has 0 aliphatic rings. The molecule has 9 heteroatoms. The van der Waals surface area contributed by atoms with Crippen LogP contribution >= 0.6 is 0 Å². The lowest BCUT2D eigenvalue weighted by molar-refractivity contribution is -0.124. The number of amides is 2. The Kier molecular flexibility index (Phi) is 6.31. The predicted octanol–water partition coefficient (Wildman–Crippen LogP) is 2.88. The number of benzene rings is 1. The van der Waals surface area contributed by atoms with Crippen molar-refractivity contribution in [3.05, 3.63) is 53.4 Å². The summed E-state index contributed by atoms with van der Waals surface area (Å²) in [4.78, 5) is 37.4. The lowest BCUT2D eigenvalue weighted by Crippen LogP contribution is -2.29.